The van der Waals surface area contributed by atoms with E-state index in [4.69, 9.17) is 9.98 Å². The summed E-state index contributed by atoms with van der Waals surface area (Å²) >= 11 is 0. The van der Waals surface area contributed by atoms with Gasteiger partial charge in [0.05, 0.1) is 24.4 Å². The van der Waals surface area contributed by atoms with Crippen LogP contribution in [-0.2, 0) is 5.66 Å². The molecule has 0 radical (unpaired) electrons. The van der Waals surface area contributed by atoms with Crippen molar-refractivity contribution in [2.75, 3.05) is 18.2 Å². The van der Waals surface area contributed by atoms with E-state index in [1.807, 2.05) is 0 Å². The second-order valence-corrected chi connectivity index (χ2v) is 8.67. The summed E-state index contributed by atoms with van der Waals surface area (Å²) in [6, 6.07) is 9.26. The topological polar surface area (TPSA) is 48.7 Å². The Hall–Kier alpha value is -2.08. The van der Waals surface area contributed by atoms with Crippen LogP contribution >= 0.6 is 0 Å². The average Bonchev–Trinajstić information content (AvgIpc) is 3.34. The third kappa shape index (κ3) is 2.35. The zero-order valence-corrected chi connectivity index (χ0v) is 15.9. The molecule has 0 saturated heterocycles. The lowest BCUT2D eigenvalue weighted by atomic mass is 9.94. The van der Waals surface area contributed by atoms with Crippen LogP contribution in [0.15, 0.2) is 29.3 Å². The molecule has 1 aromatic carbocycles. The quantitative estimate of drug-likeness (QED) is 0.840. The number of benzene rings is 1. The number of para-hydroxylation sites is 2. The van der Waals surface area contributed by atoms with Gasteiger partial charge in [-0.25, -0.2) is 9.98 Å². The number of anilines is 1. The third-order valence-corrected chi connectivity index (χ3v) is 7.06. The molecule has 3 heterocycles. The summed E-state index contributed by atoms with van der Waals surface area (Å²) in [4.78, 5) is 15.0. The Morgan fingerprint density at radius 1 is 1.00 bits per heavy atom. The fraction of sp³-hybridized carbons (Fsp3) is 0.619. The first-order valence-corrected chi connectivity index (χ1v) is 10.7. The van der Waals surface area contributed by atoms with Crippen molar-refractivity contribution in [2.45, 2.75) is 69.5 Å². The molecule has 2 aliphatic carbocycles. The van der Waals surface area contributed by atoms with Crippen molar-refractivity contribution in [3.05, 3.63) is 24.3 Å². The van der Waals surface area contributed by atoms with E-state index in [-0.39, 0.29) is 5.66 Å². The average molecular weight is 364 g/mol. The number of hydrogen-bond donors (Lipinski definition) is 1. The molecule has 2 aromatic rings. The molecule has 0 bridgehead atoms. The largest absolute Gasteiger partial charge is 0.333 e. The molecule has 4 aliphatic rings. The fourth-order valence-corrected chi connectivity index (χ4v) is 5.67. The number of nitrogens with zero attached hydrogens (tertiary/aromatic N) is 5. The van der Waals surface area contributed by atoms with Crippen LogP contribution in [0.1, 0.15) is 57.8 Å². The number of aromatic nitrogens is 2. The number of fused-ring (bicyclic) bond motifs is 6. The van der Waals surface area contributed by atoms with E-state index in [1.54, 1.807) is 0 Å². The van der Waals surface area contributed by atoms with Gasteiger partial charge in [-0.1, -0.05) is 31.4 Å². The number of imidazole rings is 1. The van der Waals surface area contributed by atoms with Crippen LogP contribution < -0.4 is 10.2 Å². The monoisotopic (exact) mass is 364 g/mol. The lowest BCUT2D eigenvalue weighted by Crippen LogP contribution is -2.64. The van der Waals surface area contributed by atoms with Crippen LogP contribution in [0.3, 0.4) is 0 Å². The highest BCUT2D eigenvalue weighted by atomic mass is 15.6. The van der Waals surface area contributed by atoms with Gasteiger partial charge in [0.1, 0.15) is 5.66 Å². The summed E-state index contributed by atoms with van der Waals surface area (Å²) in [6.07, 6.45) is 11.6. The maximum atomic E-state index is 5.08. The van der Waals surface area contributed by atoms with Crippen molar-refractivity contribution in [3.63, 3.8) is 0 Å². The van der Waals surface area contributed by atoms with Gasteiger partial charge in [0.25, 0.3) is 0 Å². The molecule has 6 heteroatoms. The molecule has 0 unspecified atom stereocenters. The Bertz CT molecular complexity index is 887. The lowest BCUT2D eigenvalue weighted by molar-refractivity contribution is 0.150. The summed E-state index contributed by atoms with van der Waals surface area (Å²) in [5.74, 6) is 2.11. The molecular weight excluding hydrogens is 336 g/mol. The normalized spacial score (nSPS) is 25.3. The molecule has 142 valence electrons. The van der Waals surface area contributed by atoms with E-state index < -0.39 is 0 Å². The highest BCUT2D eigenvalue weighted by Crippen LogP contribution is 2.43. The maximum absolute atomic E-state index is 5.08. The van der Waals surface area contributed by atoms with E-state index in [0.717, 1.165) is 43.6 Å². The van der Waals surface area contributed by atoms with Crippen molar-refractivity contribution >= 4 is 22.9 Å². The van der Waals surface area contributed by atoms with Gasteiger partial charge in [-0.05, 0) is 50.7 Å². The molecule has 0 amide bonds. The van der Waals surface area contributed by atoms with Gasteiger partial charge in [-0.2, -0.15) is 0 Å². The van der Waals surface area contributed by atoms with Crippen LogP contribution in [0.2, 0.25) is 0 Å². The molecule has 6 nitrogen and oxygen atoms in total. The standard InChI is InChI=1S/C21H28N6/c1-2-8-16(9-3-1)25-14-22-19-24-21(12-6-7-13-21)27-18-11-5-4-10-17(18)23-20(27)26(19)15-25/h4-5,10-11,16H,1-3,6-9,12-15H2,(H,22,24). The van der Waals surface area contributed by atoms with Crippen molar-refractivity contribution in [2.24, 2.45) is 4.99 Å². The number of guanidine groups is 1. The van der Waals surface area contributed by atoms with E-state index in [9.17, 15) is 0 Å². The highest BCUT2D eigenvalue weighted by molar-refractivity contribution is 5.99. The second-order valence-electron chi connectivity index (χ2n) is 8.67. The third-order valence-electron chi connectivity index (χ3n) is 7.06. The Morgan fingerprint density at radius 3 is 2.67 bits per heavy atom. The van der Waals surface area contributed by atoms with Crippen LogP contribution in [0.25, 0.3) is 11.0 Å². The lowest BCUT2D eigenvalue weighted by Gasteiger charge is -2.48. The summed E-state index contributed by atoms with van der Waals surface area (Å²) in [6.45, 7) is 1.72. The Kier molecular flexibility index (Phi) is 3.52. The molecule has 1 N–H and O–H groups in total. The first-order valence-electron chi connectivity index (χ1n) is 10.7. The number of rotatable bonds is 1. The number of nitrogens with one attached hydrogen (secondary N) is 1. The fourth-order valence-electron chi connectivity index (χ4n) is 5.67. The van der Waals surface area contributed by atoms with Gasteiger partial charge >= 0.3 is 0 Å². The predicted octanol–water partition coefficient (Wildman–Crippen LogP) is 3.59. The molecule has 27 heavy (non-hydrogen) atoms. The zero-order valence-electron chi connectivity index (χ0n) is 15.9. The molecule has 2 fully saturated rings. The molecule has 0 atom stereocenters. The van der Waals surface area contributed by atoms with Crippen molar-refractivity contribution in [1.29, 1.82) is 0 Å². The maximum Gasteiger partial charge on any atom is 0.216 e. The molecule has 1 spiro atoms. The second kappa shape index (κ2) is 5.96. The smallest absolute Gasteiger partial charge is 0.216 e. The van der Waals surface area contributed by atoms with Gasteiger partial charge in [-0.3, -0.25) is 14.4 Å². The first-order chi connectivity index (χ1) is 13.3. The number of hydrogen-bond acceptors (Lipinski definition) is 5. The summed E-state index contributed by atoms with van der Waals surface area (Å²) in [5.41, 5.74) is 2.29. The van der Waals surface area contributed by atoms with Crippen molar-refractivity contribution < 1.29 is 0 Å². The van der Waals surface area contributed by atoms with E-state index in [1.165, 1.54) is 50.5 Å². The Labute approximate surface area is 160 Å². The SMILES string of the molecule is c1ccc2c(c1)nc1n2C2(CCCC2)NC2=NCN(C3CCCCC3)CN21. The van der Waals surface area contributed by atoms with Gasteiger partial charge < -0.3 is 5.32 Å². The van der Waals surface area contributed by atoms with Gasteiger partial charge in [0, 0.05) is 6.04 Å². The van der Waals surface area contributed by atoms with E-state index in [2.05, 4.69) is 43.9 Å². The van der Waals surface area contributed by atoms with Crippen LogP contribution in [-0.4, -0.2) is 39.8 Å². The predicted molar refractivity (Wildman–Crippen MR) is 108 cm³/mol. The summed E-state index contributed by atoms with van der Waals surface area (Å²) in [5, 5.41) is 3.86. The molecule has 1 aromatic heterocycles. The van der Waals surface area contributed by atoms with Gasteiger partial charge in [0.15, 0.2) is 0 Å². The van der Waals surface area contributed by atoms with Gasteiger partial charge in [-0.15, -0.1) is 0 Å². The zero-order chi connectivity index (χ0) is 17.8. The Morgan fingerprint density at radius 2 is 1.81 bits per heavy atom. The Balaban J connectivity index is 1.45. The summed E-state index contributed by atoms with van der Waals surface area (Å²) in [7, 11) is 0. The molecule has 2 saturated carbocycles. The van der Waals surface area contributed by atoms with E-state index in [0.29, 0.717) is 6.04 Å². The van der Waals surface area contributed by atoms with Gasteiger partial charge in [0.2, 0.25) is 11.9 Å². The highest BCUT2D eigenvalue weighted by Gasteiger charge is 2.46. The molecule has 6 rings (SSSR count). The first kappa shape index (κ1) is 15.9. The van der Waals surface area contributed by atoms with Crippen molar-refractivity contribution in [1.82, 2.24) is 19.8 Å². The van der Waals surface area contributed by atoms with Crippen LogP contribution in [0, 0.1) is 0 Å². The molecule has 2 aliphatic heterocycles. The van der Waals surface area contributed by atoms with E-state index >= 15 is 0 Å². The minimum Gasteiger partial charge on any atom is -0.333 e. The minimum atomic E-state index is -0.0478. The minimum absolute atomic E-state index is 0.0478. The van der Waals surface area contributed by atoms with Crippen LogP contribution in [0.4, 0.5) is 5.95 Å². The molecular formula is C21H28N6. The number of aliphatic imine (C=N–C) groups is 1. The van der Waals surface area contributed by atoms with Crippen molar-refractivity contribution in [3.8, 4) is 0 Å². The summed E-state index contributed by atoms with van der Waals surface area (Å²) < 4.78 is 2.48. The van der Waals surface area contributed by atoms with Crippen LogP contribution in [0.5, 0.6) is 0 Å².